The Morgan fingerprint density at radius 2 is 0.628 bits per heavy atom. The molecule has 19 heteroatoms. The predicted molar refractivity (Wildman–Crippen MR) is 381 cm³/mol. The minimum absolute atomic E-state index is 0.101. The SMILES string of the molecule is CCCCCC/C=C\C=C/CCCCCCCC(=O)OC[C@H](COP(=O)(O)OC[C@@H](O)COP(=O)(O)OC[C@@H](COC(=O)CCCCCCCCC(C)CC)OC(=O)CCCCCCCCCCC(C)C)OC(=O)CCCCCCCCCCCCCCCCCCCC. The van der Waals surface area contributed by atoms with Gasteiger partial charge in [0.25, 0.3) is 0 Å². The first-order valence-corrected chi connectivity index (χ1v) is 41.3. The summed E-state index contributed by atoms with van der Waals surface area (Å²) in [6, 6.07) is 0. The van der Waals surface area contributed by atoms with Crippen LogP contribution in [0.5, 0.6) is 0 Å². The maximum atomic E-state index is 13.1. The number of aliphatic hydroxyl groups is 1. The lowest BCUT2D eigenvalue weighted by Crippen LogP contribution is -2.30. The summed E-state index contributed by atoms with van der Waals surface area (Å²) in [5, 5.41) is 10.6. The van der Waals surface area contributed by atoms with Crippen LogP contribution in [0.15, 0.2) is 24.3 Å². The van der Waals surface area contributed by atoms with Crippen molar-refractivity contribution in [2.45, 2.75) is 381 Å². The van der Waals surface area contributed by atoms with Crippen LogP contribution in [0.25, 0.3) is 0 Å². The molecule has 0 aliphatic rings. The summed E-state index contributed by atoms with van der Waals surface area (Å²) in [7, 11) is -9.92. The fourth-order valence-corrected chi connectivity index (χ4v) is 12.5. The van der Waals surface area contributed by atoms with Gasteiger partial charge in [-0.25, -0.2) is 9.13 Å². The lowest BCUT2D eigenvalue weighted by atomic mass is 10.00. The molecule has 0 rings (SSSR count). The number of hydrogen-bond donors (Lipinski definition) is 3. The summed E-state index contributed by atoms with van der Waals surface area (Å²) < 4.78 is 68.4. The number of hydrogen-bond acceptors (Lipinski definition) is 15. The minimum Gasteiger partial charge on any atom is -0.462 e. The van der Waals surface area contributed by atoms with E-state index in [1.54, 1.807) is 0 Å². The largest absolute Gasteiger partial charge is 0.472 e. The lowest BCUT2D eigenvalue weighted by Gasteiger charge is -2.21. The Morgan fingerprint density at radius 1 is 0.351 bits per heavy atom. The number of carbonyl (C=O) groups excluding carboxylic acids is 4. The maximum absolute atomic E-state index is 13.1. The van der Waals surface area contributed by atoms with Crippen molar-refractivity contribution in [3.05, 3.63) is 24.3 Å². The Balaban J connectivity index is 5.27. The first-order valence-electron chi connectivity index (χ1n) is 38.3. The van der Waals surface area contributed by atoms with E-state index in [9.17, 15) is 43.2 Å². The van der Waals surface area contributed by atoms with Gasteiger partial charge in [0.2, 0.25) is 0 Å². The van der Waals surface area contributed by atoms with Crippen molar-refractivity contribution < 1.29 is 80.2 Å². The number of esters is 4. The Kier molecular flexibility index (Phi) is 64.7. The van der Waals surface area contributed by atoms with Crippen LogP contribution in [0.1, 0.15) is 363 Å². The van der Waals surface area contributed by atoms with Gasteiger partial charge in [-0.05, 0) is 63.2 Å². The maximum Gasteiger partial charge on any atom is 0.472 e. The molecule has 0 aromatic carbocycles. The van der Waals surface area contributed by atoms with Crippen LogP contribution in [-0.2, 0) is 65.4 Å². The van der Waals surface area contributed by atoms with E-state index in [1.165, 1.54) is 154 Å². The Labute approximate surface area is 573 Å². The fourth-order valence-electron chi connectivity index (χ4n) is 10.9. The quantitative estimate of drug-likeness (QED) is 0.0169. The predicted octanol–water partition coefficient (Wildman–Crippen LogP) is 21.5. The molecule has 0 saturated heterocycles. The van der Waals surface area contributed by atoms with Crippen molar-refractivity contribution in [3.8, 4) is 0 Å². The molecule has 0 fully saturated rings. The second kappa shape index (κ2) is 66.4. The van der Waals surface area contributed by atoms with Crippen molar-refractivity contribution in [1.29, 1.82) is 0 Å². The lowest BCUT2D eigenvalue weighted by molar-refractivity contribution is -0.161. The number of allylic oxidation sites excluding steroid dienone is 4. The molecule has 0 aromatic rings. The van der Waals surface area contributed by atoms with E-state index in [1.807, 2.05) is 0 Å². The third-order valence-electron chi connectivity index (χ3n) is 17.2. The number of carbonyl (C=O) groups is 4. The van der Waals surface area contributed by atoms with Crippen molar-refractivity contribution >= 4 is 39.5 Å². The Morgan fingerprint density at radius 3 is 0.957 bits per heavy atom. The van der Waals surface area contributed by atoms with Crippen LogP contribution in [-0.4, -0.2) is 96.7 Å². The second-order valence-electron chi connectivity index (χ2n) is 27.1. The highest BCUT2D eigenvalue weighted by atomic mass is 31.2. The van der Waals surface area contributed by atoms with Crippen LogP contribution in [0.3, 0.4) is 0 Å². The van der Waals surface area contributed by atoms with Gasteiger partial charge in [0.15, 0.2) is 12.2 Å². The molecule has 0 heterocycles. The van der Waals surface area contributed by atoms with Gasteiger partial charge in [0, 0.05) is 25.7 Å². The van der Waals surface area contributed by atoms with Crippen molar-refractivity contribution in [3.63, 3.8) is 0 Å². The summed E-state index contributed by atoms with van der Waals surface area (Å²) in [5.74, 6) is -0.705. The molecule has 0 aliphatic heterocycles. The zero-order valence-corrected chi connectivity index (χ0v) is 62.5. The average Bonchev–Trinajstić information content (AvgIpc) is 1.44. The van der Waals surface area contributed by atoms with Crippen LogP contribution < -0.4 is 0 Å². The molecule has 0 radical (unpaired) electrons. The molecule has 0 amide bonds. The molecule has 0 aliphatic carbocycles. The molecule has 0 spiro atoms. The van der Waals surface area contributed by atoms with Gasteiger partial charge in [-0.15, -0.1) is 0 Å². The molecular formula is C75H142O17P2. The molecule has 554 valence electrons. The molecule has 6 atom stereocenters. The summed E-state index contributed by atoms with van der Waals surface area (Å²) in [6.07, 6.45) is 56.4. The number of unbranched alkanes of at least 4 members (excludes halogenated alkanes) is 38. The standard InChI is InChI=1S/C75H142O17P2/c1-7-10-12-14-16-18-20-22-24-25-26-28-30-32-34-39-47-53-59-74(79)91-70(63-85-72(77)57-51-45-38-33-31-29-27-23-21-19-17-15-13-11-8-2)65-89-93(81,82)87-61-69(76)62-88-94(83,84)90-66-71(64-86-73(78)58-52-46-42-41-44-50-56-68(6)9-3)92-75(80)60-54-48-40-36-35-37-43-49-55-67(4)5/h19,21,23,27,67-71,76H,7-18,20,22,24-26,28-66H2,1-6H3,(H,81,82)(H,83,84)/b21-19-,27-23-/t68?,69-,70-,71-/m1/s1. The first kappa shape index (κ1) is 91.5. The van der Waals surface area contributed by atoms with Crippen LogP contribution in [0.4, 0.5) is 0 Å². The second-order valence-corrected chi connectivity index (χ2v) is 30.0. The summed E-state index contributed by atoms with van der Waals surface area (Å²) in [4.78, 5) is 72.7. The van der Waals surface area contributed by atoms with Crippen LogP contribution in [0.2, 0.25) is 0 Å². The van der Waals surface area contributed by atoms with Crippen LogP contribution in [0, 0.1) is 11.8 Å². The summed E-state index contributed by atoms with van der Waals surface area (Å²) in [6.45, 7) is 9.43. The molecule has 3 N–H and O–H groups in total. The number of rotatable bonds is 72. The third-order valence-corrected chi connectivity index (χ3v) is 19.1. The molecule has 3 unspecified atom stereocenters. The van der Waals surface area contributed by atoms with E-state index in [-0.39, 0.29) is 25.7 Å². The normalized spacial score (nSPS) is 14.5. The van der Waals surface area contributed by atoms with E-state index in [0.717, 1.165) is 121 Å². The van der Waals surface area contributed by atoms with Crippen molar-refractivity contribution in [2.75, 3.05) is 39.6 Å². The van der Waals surface area contributed by atoms with Gasteiger partial charge in [0.05, 0.1) is 26.4 Å². The van der Waals surface area contributed by atoms with Gasteiger partial charge in [-0.1, -0.05) is 310 Å². The third kappa shape index (κ3) is 66.8. The number of phosphoric ester groups is 2. The van der Waals surface area contributed by atoms with Crippen molar-refractivity contribution in [1.82, 2.24) is 0 Å². The molecule has 0 saturated carbocycles. The van der Waals surface area contributed by atoms with Gasteiger partial charge >= 0.3 is 39.5 Å². The average molecular weight is 1380 g/mol. The molecular weight excluding hydrogens is 1230 g/mol. The number of ether oxygens (including phenoxy) is 4. The monoisotopic (exact) mass is 1380 g/mol. The van der Waals surface area contributed by atoms with E-state index >= 15 is 0 Å². The van der Waals surface area contributed by atoms with E-state index in [4.69, 9.17) is 37.0 Å². The highest BCUT2D eigenvalue weighted by Crippen LogP contribution is 2.45. The van der Waals surface area contributed by atoms with E-state index < -0.39 is 97.5 Å². The first-order chi connectivity index (χ1) is 45.4. The van der Waals surface area contributed by atoms with Gasteiger partial charge in [-0.2, -0.15) is 0 Å². The van der Waals surface area contributed by atoms with Crippen molar-refractivity contribution in [2.24, 2.45) is 11.8 Å². The van der Waals surface area contributed by atoms with Crippen LogP contribution >= 0.6 is 15.6 Å². The number of phosphoric acid groups is 2. The topological polar surface area (TPSA) is 237 Å². The Bertz CT molecular complexity index is 1920. The van der Waals surface area contributed by atoms with E-state index in [2.05, 4.69) is 65.8 Å². The molecule has 0 aromatic heterocycles. The highest BCUT2D eigenvalue weighted by molar-refractivity contribution is 7.47. The molecule has 0 bridgehead atoms. The summed E-state index contributed by atoms with van der Waals surface area (Å²) >= 11 is 0. The van der Waals surface area contributed by atoms with Gasteiger partial charge in [0.1, 0.15) is 19.3 Å². The van der Waals surface area contributed by atoms with Gasteiger partial charge < -0.3 is 33.8 Å². The highest BCUT2D eigenvalue weighted by Gasteiger charge is 2.30. The van der Waals surface area contributed by atoms with Gasteiger partial charge in [-0.3, -0.25) is 37.3 Å². The fraction of sp³-hybridized carbons (Fsp3) is 0.893. The Hall–Kier alpha value is -2.46. The zero-order chi connectivity index (χ0) is 69.3. The molecule has 17 nitrogen and oxygen atoms in total. The molecule has 94 heavy (non-hydrogen) atoms. The van der Waals surface area contributed by atoms with E-state index in [0.29, 0.717) is 31.6 Å². The summed E-state index contributed by atoms with van der Waals surface area (Å²) in [5.41, 5.74) is 0. The number of aliphatic hydroxyl groups excluding tert-OH is 1. The zero-order valence-electron chi connectivity index (χ0n) is 60.7. The smallest absolute Gasteiger partial charge is 0.462 e. The minimum atomic E-state index is -4.96.